The second-order valence-corrected chi connectivity index (χ2v) is 3.21. The molecule has 0 radical (unpaired) electrons. The van der Waals surface area contributed by atoms with Crippen molar-refractivity contribution in [3.05, 3.63) is 0 Å². The lowest BCUT2D eigenvalue weighted by Crippen LogP contribution is -2.38. The fourth-order valence-corrected chi connectivity index (χ4v) is 0.931. The first-order valence-corrected chi connectivity index (χ1v) is 5.57. The molecular formula is C11H21NO3. The minimum atomic E-state index is -1.50. The molecule has 0 aromatic rings. The van der Waals surface area contributed by atoms with Gasteiger partial charge in [0.2, 0.25) is 0 Å². The van der Waals surface area contributed by atoms with Gasteiger partial charge in [-0.3, -0.25) is 0 Å². The normalized spacial score (nSPS) is 11.3. The third-order valence-corrected chi connectivity index (χ3v) is 1.63. The van der Waals surface area contributed by atoms with E-state index < -0.39 is 5.97 Å². The van der Waals surface area contributed by atoms with E-state index in [9.17, 15) is 0 Å². The van der Waals surface area contributed by atoms with Gasteiger partial charge in [0.15, 0.2) is 6.07 Å². The van der Waals surface area contributed by atoms with E-state index in [0.717, 1.165) is 19.3 Å². The van der Waals surface area contributed by atoms with E-state index in [0.29, 0.717) is 19.8 Å². The average molecular weight is 215 g/mol. The molecule has 0 amide bonds. The van der Waals surface area contributed by atoms with Crippen molar-refractivity contribution in [1.82, 2.24) is 0 Å². The van der Waals surface area contributed by atoms with Gasteiger partial charge >= 0.3 is 5.97 Å². The van der Waals surface area contributed by atoms with Gasteiger partial charge < -0.3 is 14.2 Å². The summed E-state index contributed by atoms with van der Waals surface area (Å²) in [7, 11) is 0. The molecule has 0 bridgehead atoms. The number of nitrogens with zero attached hydrogens (tertiary/aromatic N) is 1. The molecule has 0 N–H and O–H groups in total. The topological polar surface area (TPSA) is 51.5 Å². The minimum absolute atomic E-state index is 0.459. The summed E-state index contributed by atoms with van der Waals surface area (Å²) in [6.07, 6.45) is 2.48. The third-order valence-electron chi connectivity index (χ3n) is 1.63. The Labute approximate surface area is 92.1 Å². The zero-order chi connectivity index (χ0) is 11.6. The van der Waals surface area contributed by atoms with Crippen molar-refractivity contribution >= 4 is 0 Å². The maximum Gasteiger partial charge on any atom is 0.378 e. The molecule has 0 aromatic carbocycles. The van der Waals surface area contributed by atoms with Crippen molar-refractivity contribution in [1.29, 1.82) is 5.26 Å². The van der Waals surface area contributed by atoms with E-state index in [1.165, 1.54) is 0 Å². The van der Waals surface area contributed by atoms with Crippen molar-refractivity contribution in [3.8, 4) is 6.07 Å². The maximum atomic E-state index is 9.03. The van der Waals surface area contributed by atoms with E-state index in [4.69, 9.17) is 19.5 Å². The second kappa shape index (κ2) is 8.66. The van der Waals surface area contributed by atoms with Crippen molar-refractivity contribution in [3.63, 3.8) is 0 Å². The summed E-state index contributed by atoms with van der Waals surface area (Å²) >= 11 is 0. The second-order valence-electron chi connectivity index (χ2n) is 3.21. The van der Waals surface area contributed by atoms with E-state index in [1.54, 1.807) is 0 Å². The molecule has 0 aliphatic carbocycles. The van der Waals surface area contributed by atoms with Gasteiger partial charge in [-0.15, -0.1) is 0 Å². The Morgan fingerprint density at radius 3 is 1.40 bits per heavy atom. The molecule has 88 valence electrons. The highest BCUT2D eigenvalue weighted by atomic mass is 16.9. The molecule has 0 unspecified atom stereocenters. The number of hydrogen-bond acceptors (Lipinski definition) is 4. The number of ether oxygens (including phenoxy) is 3. The molecule has 0 heterocycles. The van der Waals surface area contributed by atoms with Gasteiger partial charge in [-0.25, -0.2) is 0 Å². The lowest BCUT2D eigenvalue weighted by atomic mass is 10.5. The summed E-state index contributed by atoms with van der Waals surface area (Å²) < 4.78 is 16.0. The molecular weight excluding hydrogens is 194 g/mol. The molecule has 4 heteroatoms. The summed E-state index contributed by atoms with van der Waals surface area (Å²) in [6, 6.07) is 1.95. The predicted molar refractivity (Wildman–Crippen MR) is 57.1 cm³/mol. The summed E-state index contributed by atoms with van der Waals surface area (Å²) in [5.74, 6) is -1.50. The van der Waals surface area contributed by atoms with E-state index in [1.807, 2.05) is 26.8 Å². The zero-order valence-electron chi connectivity index (χ0n) is 9.91. The first kappa shape index (κ1) is 14.4. The Hall–Kier alpha value is -0.630. The van der Waals surface area contributed by atoms with Crippen LogP contribution in [0.3, 0.4) is 0 Å². The predicted octanol–water partition coefficient (Wildman–Crippen LogP) is 2.44. The molecule has 0 spiro atoms. The van der Waals surface area contributed by atoms with Crippen molar-refractivity contribution in [2.24, 2.45) is 0 Å². The number of hydrogen-bond donors (Lipinski definition) is 0. The van der Waals surface area contributed by atoms with Gasteiger partial charge in [-0.05, 0) is 19.3 Å². The molecule has 0 aliphatic heterocycles. The highest BCUT2D eigenvalue weighted by molar-refractivity contribution is 4.86. The van der Waals surface area contributed by atoms with E-state index in [-0.39, 0.29) is 0 Å². The van der Waals surface area contributed by atoms with Crippen LogP contribution in [0.5, 0.6) is 0 Å². The lowest BCUT2D eigenvalue weighted by molar-refractivity contribution is -0.344. The SMILES string of the molecule is CCCOC(C#N)(OCCC)OCCC. The van der Waals surface area contributed by atoms with Crippen LogP contribution >= 0.6 is 0 Å². The van der Waals surface area contributed by atoms with Crippen LogP contribution in [0.25, 0.3) is 0 Å². The first-order valence-electron chi connectivity index (χ1n) is 5.57. The van der Waals surface area contributed by atoms with Crippen LogP contribution in [0.4, 0.5) is 0 Å². The Balaban J connectivity index is 4.25. The quantitative estimate of drug-likeness (QED) is 0.554. The van der Waals surface area contributed by atoms with Gasteiger partial charge in [-0.2, -0.15) is 5.26 Å². The molecule has 0 saturated carbocycles. The molecule has 0 aliphatic rings. The van der Waals surface area contributed by atoms with Crippen molar-refractivity contribution < 1.29 is 14.2 Å². The van der Waals surface area contributed by atoms with E-state index in [2.05, 4.69) is 0 Å². The first-order chi connectivity index (χ1) is 7.24. The van der Waals surface area contributed by atoms with Crippen molar-refractivity contribution in [2.45, 2.75) is 46.0 Å². The standard InChI is InChI=1S/C11H21NO3/c1-4-7-13-11(10-12,14-8-5-2)15-9-6-3/h4-9H2,1-3H3. The van der Waals surface area contributed by atoms with Gasteiger partial charge in [0.1, 0.15) is 0 Å². The number of rotatable bonds is 9. The zero-order valence-corrected chi connectivity index (χ0v) is 9.91. The molecule has 0 fully saturated rings. The highest BCUT2D eigenvalue weighted by Crippen LogP contribution is 2.15. The fraction of sp³-hybridized carbons (Fsp3) is 0.909. The molecule has 0 atom stereocenters. The summed E-state index contributed by atoms with van der Waals surface area (Å²) in [5.41, 5.74) is 0. The van der Waals surface area contributed by atoms with Crippen LogP contribution < -0.4 is 0 Å². The molecule has 0 saturated heterocycles. The molecule has 0 aromatic heterocycles. The number of nitriles is 1. The smallest absolute Gasteiger partial charge is 0.315 e. The van der Waals surface area contributed by atoms with Gasteiger partial charge in [0.05, 0.1) is 19.8 Å². The molecule has 15 heavy (non-hydrogen) atoms. The monoisotopic (exact) mass is 215 g/mol. The van der Waals surface area contributed by atoms with Gasteiger partial charge in [0.25, 0.3) is 0 Å². The van der Waals surface area contributed by atoms with Crippen LogP contribution in [-0.2, 0) is 14.2 Å². The highest BCUT2D eigenvalue weighted by Gasteiger charge is 2.33. The largest absolute Gasteiger partial charge is 0.378 e. The Bertz CT molecular complexity index is 167. The Morgan fingerprint density at radius 1 is 0.867 bits per heavy atom. The third kappa shape index (κ3) is 5.73. The summed E-state index contributed by atoms with van der Waals surface area (Å²) in [4.78, 5) is 0. The van der Waals surface area contributed by atoms with Crippen LogP contribution in [0.1, 0.15) is 40.0 Å². The molecule has 4 nitrogen and oxygen atoms in total. The van der Waals surface area contributed by atoms with Gasteiger partial charge in [0, 0.05) is 0 Å². The average Bonchev–Trinajstić information content (AvgIpc) is 2.29. The Kier molecular flexibility index (Phi) is 8.30. The van der Waals surface area contributed by atoms with Crippen molar-refractivity contribution in [2.75, 3.05) is 19.8 Å². The van der Waals surface area contributed by atoms with Crippen LogP contribution in [-0.4, -0.2) is 25.8 Å². The minimum Gasteiger partial charge on any atom is -0.315 e. The van der Waals surface area contributed by atoms with E-state index >= 15 is 0 Å². The van der Waals surface area contributed by atoms with Crippen LogP contribution in [0, 0.1) is 11.3 Å². The fourth-order valence-electron chi connectivity index (χ4n) is 0.931. The lowest BCUT2D eigenvalue weighted by Gasteiger charge is -2.26. The van der Waals surface area contributed by atoms with Crippen LogP contribution in [0.15, 0.2) is 0 Å². The van der Waals surface area contributed by atoms with Crippen LogP contribution in [0.2, 0.25) is 0 Å². The maximum absolute atomic E-state index is 9.03. The Morgan fingerprint density at radius 2 is 1.20 bits per heavy atom. The summed E-state index contributed by atoms with van der Waals surface area (Å²) in [5, 5.41) is 9.03. The van der Waals surface area contributed by atoms with Gasteiger partial charge in [-0.1, -0.05) is 20.8 Å². The molecule has 0 rings (SSSR count). The summed E-state index contributed by atoms with van der Waals surface area (Å²) in [6.45, 7) is 7.30.